The van der Waals surface area contributed by atoms with Crippen LogP contribution < -0.4 is 53.6 Å². The molecule has 0 unspecified atom stereocenters. The van der Waals surface area contributed by atoms with Crippen molar-refractivity contribution in [2.45, 2.75) is 240 Å². The number of hydrogen-bond acceptors (Lipinski definition) is 13. The van der Waals surface area contributed by atoms with E-state index in [0.717, 1.165) is 0 Å². The first-order valence-corrected chi connectivity index (χ1v) is 29.0. The van der Waals surface area contributed by atoms with Crippen LogP contribution in [-0.2, 0) is 57.5 Å². The number of nitrogens with two attached hydrogens (primary N) is 1. The number of carbonyl (C=O) groups is 12. The molecule has 2 aliphatic heterocycles. The SMILES string of the molecule is CC(=O)NC(C)(C)C(=O)N[C@@H](CCC(N)=O)C(=O)N[C@H](C(=O)N[C@H](C(=O)NC(C)(C)C(=O)N1CCC[C@@H]1C(=O)N[C@@H](CC(C)C)C(=O)N[C@@H](CC(C)C)C(=O)NC(C)(C)C(=O)N1CCC[C@H]1C(=O)N[C@H](CO)CC(C)C)C(C)C)C(C)C. The van der Waals surface area contributed by atoms with Crippen molar-refractivity contribution in [1.29, 1.82) is 0 Å². The van der Waals surface area contributed by atoms with Gasteiger partial charge in [-0.05, 0) is 122 Å². The first-order chi connectivity index (χ1) is 37.8. The van der Waals surface area contributed by atoms with E-state index in [1.54, 1.807) is 27.7 Å². The summed E-state index contributed by atoms with van der Waals surface area (Å²) >= 11 is 0. The van der Waals surface area contributed by atoms with E-state index in [4.69, 9.17) is 5.73 Å². The highest BCUT2D eigenvalue weighted by molar-refractivity contribution is 6.00. The van der Waals surface area contributed by atoms with Crippen molar-refractivity contribution in [3.8, 4) is 0 Å². The molecule has 2 saturated heterocycles. The molecule has 0 aromatic rings. The molecule has 0 saturated carbocycles. The van der Waals surface area contributed by atoms with Gasteiger partial charge in [-0.1, -0.05) is 69.2 Å². The van der Waals surface area contributed by atoms with E-state index in [1.165, 1.54) is 58.3 Å². The molecule has 12 amide bonds. The number of carbonyl (C=O) groups excluding carboxylic acids is 12. The molecule has 12 N–H and O–H groups in total. The topological polar surface area (TPSA) is 366 Å². The van der Waals surface area contributed by atoms with Crippen LogP contribution in [0.15, 0.2) is 0 Å². The van der Waals surface area contributed by atoms with E-state index in [-0.39, 0.29) is 75.5 Å². The molecular formula is C57H100N12O13. The number of nitrogens with one attached hydrogen (secondary N) is 9. The van der Waals surface area contributed by atoms with Crippen molar-refractivity contribution in [3.05, 3.63) is 0 Å². The quantitative estimate of drug-likeness (QED) is 0.0445. The van der Waals surface area contributed by atoms with Crippen LogP contribution in [0, 0.1) is 29.6 Å². The third-order valence-electron chi connectivity index (χ3n) is 14.4. The van der Waals surface area contributed by atoms with E-state index in [2.05, 4.69) is 47.9 Å². The molecule has 2 heterocycles. The van der Waals surface area contributed by atoms with Crippen LogP contribution in [-0.4, -0.2) is 170 Å². The highest BCUT2D eigenvalue weighted by Gasteiger charge is 2.46. The number of hydrogen-bond donors (Lipinski definition) is 11. The Bertz CT molecular complexity index is 2300. The Kier molecular flexibility index (Phi) is 27.4. The summed E-state index contributed by atoms with van der Waals surface area (Å²) < 4.78 is 0. The number of amides is 12. The molecule has 466 valence electrons. The Morgan fingerprint density at radius 1 is 0.500 bits per heavy atom. The second-order valence-corrected chi connectivity index (χ2v) is 25.7. The van der Waals surface area contributed by atoms with Crippen LogP contribution in [0.5, 0.6) is 0 Å². The third kappa shape index (κ3) is 21.7. The lowest BCUT2D eigenvalue weighted by molar-refractivity contribution is -0.146. The molecule has 0 aromatic heterocycles. The summed E-state index contributed by atoms with van der Waals surface area (Å²) in [5, 5.41) is 34.3. The minimum Gasteiger partial charge on any atom is -0.394 e. The Morgan fingerprint density at radius 2 is 0.915 bits per heavy atom. The lowest BCUT2D eigenvalue weighted by atomic mass is 9.96. The van der Waals surface area contributed by atoms with Crippen molar-refractivity contribution in [2.24, 2.45) is 35.3 Å². The summed E-state index contributed by atoms with van der Waals surface area (Å²) in [6.07, 6.45) is 1.95. The van der Waals surface area contributed by atoms with Gasteiger partial charge in [-0.15, -0.1) is 0 Å². The Labute approximate surface area is 485 Å². The van der Waals surface area contributed by atoms with E-state index in [1.807, 2.05) is 41.5 Å². The molecular weight excluding hydrogens is 1060 g/mol. The number of rotatable bonds is 31. The molecule has 2 aliphatic rings. The Hall–Kier alpha value is -6.40. The number of nitrogens with zero attached hydrogens (tertiary/aromatic N) is 2. The fourth-order valence-corrected chi connectivity index (χ4v) is 10.1. The minimum atomic E-state index is -1.65. The van der Waals surface area contributed by atoms with E-state index < -0.39 is 142 Å². The molecule has 0 bridgehead atoms. The van der Waals surface area contributed by atoms with Gasteiger partial charge in [-0.3, -0.25) is 57.5 Å². The lowest BCUT2D eigenvalue weighted by Crippen LogP contribution is -2.64. The second-order valence-electron chi connectivity index (χ2n) is 25.7. The third-order valence-corrected chi connectivity index (χ3v) is 14.4. The monoisotopic (exact) mass is 1160 g/mol. The van der Waals surface area contributed by atoms with Crippen LogP contribution >= 0.6 is 0 Å². The van der Waals surface area contributed by atoms with E-state index >= 15 is 0 Å². The zero-order chi connectivity index (χ0) is 62.9. The first kappa shape index (κ1) is 71.7. The van der Waals surface area contributed by atoms with Crippen molar-refractivity contribution in [3.63, 3.8) is 0 Å². The van der Waals surface area contributed by atoms with Gasteiger partial charge in [0, 0.05) is 26.4 Å². The van der Waals surface area contributed by atoms with Crippen LogP contribution in [0.2, 0.25) is 0 Å². The molecule has 25 nitrogen and oxygen atoms in total. The van der Waals surface area contributed by atoms with Crippen molar-refractivity contribution < 1.29 is 62.6 Å². The highest BCUT2D eigenvalue weighted by atomic mass is 16.3. The van der Waals surface area contributed by atoms with Gasteiger partial charge in [-0.2, -0.15) is 0 Å². The number of aliphatic hydroxyl groups excluding tert-OH is 1. The minimum absolute atomic E-state index is 0.109. The number of primary amides is 1. The van der Waals surface area contributed by atoms with Gasteiger partial charge in [0.25, 0.3) is 0 Å². The van der Waals surface area contributed by atoms with E-state index in [9.17, 15) is 62.6 Å². The summed E-state index contributed by atoms with van der Waals surface area (Å²) in [6, 6.07) is -8.51. The number of aliphatic hydroxyl groups is 1. The summed E-state index contributed by atoms with van der Waals surface area (Å²) in [5.74, 6) is -8.95. The van der Waals surface area contributed by atoms with Gasteiger partial charge in [-0.25, -0.2) is 0 Å². The number of likely N-dealkylation sites (tertiary alicyclic amines) is 2. The lowest BCUT2D eigenvalue weighted by Gasteiger charge is -2.36. The maximum absolute atomic E-state index is 14.4. The van der Waals surface area contributed by atoms with Crippen LogP contribution in [0.4, 0.5) is 0 Å². The zero-order valence-corrected chi connectivity index (χ0v) is 51.8. The highest BCUT2D eigenvalue weighted by Crippen LogP contribution is 2.25. The summed E-state index contributed by atoms with van der Waals surface area (Å²) in [6.45, 7) is 28.2. The van der Waals surface area contributed by atoms with Gasteiger partial charge in [0.1, 0.15) is 58.9 Å². The van der Waals surface area contributed by atoms with E-state index in [0.29, 0.717) is 25.7 Å². The van der Waals surface area contributed by atoms with Gasteiger partial charge >= 0.3 is 0 Å². The summed E-state index contributed by atoms with van der Waals surface area (Å²) in [7, 11) is 0. The normalized spacial score (nSPS) is 18.0. The predicted molar refractivity (Wildman–Crippen MR) is 307 cm³/mol. The molecule has 8 atom stereocenters. The molecule has 82 heavy (non-hydrogen) atoms. The average molecular weight is 1160 g/mol. The molecule has 2 rings (SSSR count). The van der Waals surface area contributed by atoms with Crippen molar-refractivity contribution >= 4 is 70.9 Å². The van der Waals surface area contributed by atoms with Crippen LogP contribution in [0.3, 0.4) is 0 Å². The fourth-order valence-electron chi connectivity index (χ4n) is 10.1. The first-order valence-electron chi connectivity index (χ1n) is 29.0. The van der Waals surface area contributed by atoms with Crippen LogP contribution in [0.25, 0.3) is 0 Å². The predicted octanol–water partition coefficient (Wildman–Crippen LogP) is 0.290. The maximum Gasteiger partial charge on any atom is 0.248 e. The molecule has 0 radical (unpaired) electrons. The van der Waals surface area contributed by atoms with Gasteiger partial charge in [0.05, 0.1) is 12.6 Å². The summed E-state index contributed by atoms with van der Waals surface area (Å²) in [4.78, 5) is 166. The van der Waals surface area contributed by atoms with Crippen molar-refractivity contribution in [2.75, 3.05) is 19.7 Å². The maximum atomic E-state index is 14.4. The standard InChI is InChI=1S/C57H100N12O13/c1-30(2)26-36(29-70)59-48(76)40-20-18-24-68(40)53(81)56(14,15)66-47(75)39(28-32(5)6)60-46(74)38(27-31(3)4)61-49(77)41-21-19-25-69(41)54(82)57(16,17)67-51(79)44(34(9)10)64-50(78)43(33(7)8)63-45(73)37(22-23-42(58)72)62-52(80)55(12,13)65-35(11)71/h30-34,36-41,43-44,70H,18-29H2,1-17H3,(H2,58,72)(H,59,76)(H,60,74)(H,61,77)(H,62,80)(H,63,73)(H,64,78)(H,65,71)(H,66,75)(H,67,79)/t36-,37-,38-,39-,40-,41+,43-,44-/m0/s1. The van der Waals surface area contributed by atoms with Crippen LogP contribution in [0.1, 0.15) is 175 Å². The van der Waals surface area contributed by atoms with Gasteiger partial charge < -0.3 is 68.5 Å². The molecule has 2 fully saturated rings. The summed E-state index contributed by atoms with van der Waals surface area (Å²) in [5.41, 5.74) is 0.735. The van der Waals surface area contributed by atoms with Crippen molar-refractivity contribution in [1.82, 2.24) is 57.7 Å². The fraction of sp³-hybridized carbons (Fsp3) is 0.789. The smallest absolute Gasteiger partial charge is 0.248 e. The Morgan fingerprint density at radius 3 is 1.34 bits per heavy atom. The second kappa shape index (κ2) is 31.3. The average Bonchev–Trinajstić information content (AvgIpc) is 4.05. The molecule has 25 heteroatoms. The molecule has 0 aliphatic carbocycles. The largest absolute Gasteiger partial charge is 0.394 e. The Balaban J connectivity index is 2.28. The molecule has 0 spiro atoms. The molecule has 0 aromatic carbocycles. The van der Waals surface area contributed by atoms with Gasteiger partial charge in [0.2, 0.25) is 70.9 Å². The zero-order valence-electron chi connectivity index (χ0n) is 51.8. The van der Waals surface area contributed by atoms with Gasteiger partial charge in [0.15, 0.2) is 0 Å².